The highest BCUT2D eigenvalue weighted by Gasteiger charge is 2.34. The number of sulfone groups is 1. The van der Waals surface area contributed by atoms with Crippen LogP contribution < -0.4 is 5.43 Å². The molecule has 0 aliphatic carbocycles. The number of rotatable bonds is 3. The van der Waals surface area contributed by atoms with Crippen LogP contribution in [0.15, 0.2) is 47.4 Å². The van der Waals surface area contributed by atoms with Gasteiger partial charge in [0.05, 0.1) is 16.4 Å². The van der Waals surface area contributed by atoms with E-state index in [2.05, 4.69) is 4.98 Å². The molecular formula is C23H24ClN3O4S. The lowest BCUT2D eigenvalue weighted by molar-refractivity contribution is 0.0764. The Hall–Kier alpha value is -2.71. The number of hydrogen-bond donors (Lipinski definition) is 0. The fourth-order valence-electron chi connectivity index (χ4n) is 4.16. The Morgan fingerprint density at radius 3 is 2.66 bits per heavy atom. The predicted molar refractivity (Wildman–Crippen MR) is 125 cm³/mol. The van der Waals surface area contributed by atoms with Crippen molar-refractivity contribution in [3.8, 4) is 0 Å². The van der Waals surface area contributed by atoms with Crippen molar-refractivity contribution in [2.24, 2.45) is 0 Å². The van der Waals surface area contributed by atoms with Crippen LogP contribution in [-0.2, 0) is 16.4 Å². The maximum Gasteiger partial charge on any atom is 0.259 e. The molecule has 0 bridgehead atoms. The molecule has 4 rings (SSSR count). The summed E-state index contributed by atoms with van der Waals surface area (Å²) in [4.78, 5) is 32.4. The van der Waals surface area contributed by atoms with Gasteiger partial charge in [0.25, 0.3) is 5.91 Å². The van der Waals surface area contributed by atoms with Crippen molar-refractivity contribution in [3.05, 3.63) is 74.7 Å². The molecule has 7 nitrogen and oxygen atoms in total. The molecule has 1 saturated heterocycles. The summed E-state index contributed by atoms with van der Waals surface area (Å²) in [6.07, 6.45) is 1.75. The van der Waals surface area contributed by atoms with Crippen molar-refractivity contribution < 1.29 is 13.2 Å². The average molecular weight is 474 g/mol. The van der Waals surface area contributed by atoms with Gasteiger partial charge in [-0.2, -0.15) is 0 Å². The van der Waals surface area contributed by atoms with Crippen LogP contribution in [0.3, 0.4) is 0 Å². The van der Waals surface area contributed by atoms with E-state index < -0.39 is 26.4 Å². The third kappa shape index (κ3) is 4.04. The highest BCUT2D eigenvalue weighted by molar-refractivity contribution is 7.91. The van der Waals surface area contributed by atoms with Gasteiger partial charge in [0.2, 0.25) is 5.43 Å². The molecule has 9 heteroatoms. The number of pyridine rings is 2. The molecule has 0 spiro atoms. The SMILES string of the molecule is CCn1cc(C(=O)N2CCC(c3ccccc3Cl)S(=O)(=O)CC2)c(=O)c2ccc(C)nc21. The third-order valence-corrected chi connectivity index (χ3v) is 8.36. The van der Waals surface area contributed by atoms with E-state index in [1.807, 2.05) is 13.8 Å². The van der Waals surface area contributed by atoms with E-state index >= 15 is 0 Å². The van der Waals surface area contributed by atoms with Gasteiger partial charge >= 0.3 is 0 Å². The molecule has 1 fully saturated rings. The molecule has 1 aliphatic rings. The van der Waals surface area contributed by atoms with Crippen LogP contribution >= 0.6 is 11.6 Å². The fraction of sp³-hybridized carbons (Fsp3) is 0.348. The number of nitrogens with zero attached hydrogens (tertiary/aromatic N) is 3. The lowest BCUT2D eigenvalue weighted by Crippen LogP contribution is -2.37. The first-order chi connectivity index (χ1) is 15.2. The number of hydrogen-bond acceptors (Lipinski definition) is 5. The summed E-state index contributed by atoms with van der Waals surface area (Å²) in [5, 5.41) is -0.0197. The summed E-state index contributed by atoms with van der Waals surface area (Å²) in [6.45, 7) is 4.53. The molecular weight excluding hydrogens is 450 g/mol. The molecule has 3 heterocycles. The van der Waals surface area contributed by atoms with Crippen LogP contribution in [-0.4, -0.2) is 47.6 Å². The number of aryl methyl sites for hydroxylation is 2. The maximum atomic E-state index is 13.3. The fourth-order valence-corrected chi connectivity index (χ4v) is 6.30. The first-order valence-corrected chi connectivity index (χ1v) is 12.6. The second kappa shape index (κ2) is 8.67. The Labute approximate surface area is 191 Å². The molecule has 1 unspecified atom stereocenters. The summed E-state index contributed by atoms with van der Waals surface area (Å²) >= 11 is 6.26. The van der Waals surface area contributed by atoms with Crippen molar-refractivity contribution in [3.63, 3.8) is 0 Å². The highest BCUT2D eigenvalue weighted by atomic mass is 35.5. The summed E-state index contributed by atoms with van der Waals surface area (Å²) in [5.41, 5.74) is 1.49. The Balaban J connectivity index is 1.70. The van der Waals surface area contributed by atoms with Gasteiger partial charge in [-0.25, -0.2) is 13.4 Å². The van der Waals surface area contributed by atoms with Crippen molar-refractivity contribution in [1.82, 2.24) is 14.5 Å². The number of halogens is 1. The topological polar surface area (TPSA) is 89.3 Å². The van der Waals surface area contributed by atoms with E-state index in [1.54, 1.807) is 41.0 Å². The molecule has 1 aliphatic heterocycles. The summed E-state index contributed by atoms with van der Waals surface area (Å²) in [6, 6.07) is 10.3. The van der Waals surface area contributed by atoms with E-state index in [0.717, 1.165) is 5.69 Å². The maximum absolute atomic E-state index is 13.3. The third-order valence-electron chi connectivity index (χ3n) is 5.91. The zero-order valence-electron chi connectivity index (χ0n) is 17.9. The molecule has 168 valence electrons. The number of aromatic nitrogens is 2. The largest absolute Gasteiger partial charge is 0.337 e. The van der Waals surface area contributed by atoms with Crippen LogP contribution in [0.2, 0.25) is 5.02 Å². The standard InChI is InChI=1S/C23H24ClN3O4S/c1-3-26-14-18(21(28)17-9-8-15(2)25-22(17)26)23(29)27-11-10-20(32(30,31)13-12-27)16-6-4-5-7-19(16)24/h4-9,14,20H,3,10-13H2,1-2H3. The van der Waals surface area contributed by atoms with Gasteiger partial charge in [-0.1, -0.05) is 29.8 Å². The molecule has 0 saturated carbocycles. The molecule has 0 N–H and O–H groups in total. The molecule has 2 aromatic heterocycles. The number of amides is 1. The van der Waals surface area contributed by atoms with E-state index in [0.29, 0.717) is 28.2 Å². The van der Waals surface area contributed by atoms with Crippen molar-refractivity contribution in [2.75, 3.05) is 18.8 Å². The molecule has 32 heavy (non-hydrogen) atoms. The van der Waals surface area contributed by atoms with Crippen LogP contribution in [0.4, 0.5) is 0 Å². The zero-order valence-corrected chi connectivity index (χ0v) is 19.5. The van der Waals surface area contributed by atoms with Crippen LogP contribution in [0.1, 0.15) is 40.2 Å². The molecule has 3 aromatic rings. The van der Waals surface area contributed by atoms with E-state index in [4.69, 9.17) is 11.6 Å². The normalized spacial score (nSPS) is 18.5. The molecule has 1 atom stereocenters. The predicted octanol–water partition coefficient (Wildman–Crippen LogP) is 3.38. The Morgan fingerprint density at radius 2 is 1.94 bits per heavy atom. The molecule has 1 amide bonds. The number of carbonyl (C=O) groups is 1. The summed E-state index contributed by atoms with van der Waals surface area (Å²) < 4.78 is 27.7. The lowest BCUT2D eigenvalue weighted by Gasteiger charge is -2.21. The van der Waals surface area contributed by atoms with Crippen molar-refractivity contribution in [2.45, 2.75) is 32.1 Å². The Bertz CT molecular complexity index is 1370. The van der Waals surface area contributed by atoms with Crippen LogP contribution in [0.25, 0.3) is 11.0 Å². The Morgan fingerprint density at radius 1 is 1.19 bits per heavy atom. The van der Waals surface area contributed by atoms with Crippen LogP contribution in [0.5, 0.6) is 0 Å². The number of benzene rings is 1. The van der Waals surface area contributed by atoms with Crippen LogP contribution in [0, 0.1) is 6.92 Å². The summed E-state index contributed by atoms with van der Waals surface area (Å²) in [5.74, 6) is -0.653. The first kappa shape index (κ1) is 22.5. The van der Waals surface area contributed by atoms with Gasteiger partial charge < -0.3 is 9.47 Å². The second-order valence-electron chi connectivity index (χ2n) is 7.94. The van der Waals surface area contributed by atoms with E-state index in [9.17, 15) is 18.0 Å². The first-order valence-electron chi connectivity index (χ1n) is 10.5. The van der Waals surface area contributed by atoms with Crippen molar-refractivity contribution >= 4 is 38.4 Å². The second-order valence-corrected chi connectivity index (χ2v) is 10.6. The average Bonchev–Trinajstić information content (AvgIpc) is 2.92. The van der Waals surface area contributed by atoms with E-state index in [1.165, 1.54) is 11.1 Å². The zero-order chi connectivity index (χ0) is 23.0. The summed E-state index contributed by atoms with van der Waals surface area (Å²) in [7, 11) is -3.52. The van der Waals surface area contributed by atoms with Crippen molar-refractivity contribution in [1.29, 1.82) is 0 Å². The Kier molecular flexibility index (Phi) is 6.09. The monoisotopic (exact) mass is 473 g/mol. The van der Waals surface area contributed by atoms with Gasteiger partial charge in [0.1, 0.15) is 11.2 Å². The number of carbonyl (C=O) groups excluding carboxylic acids is 1. The van der Waals surface area contributed by atoms with Gasteiger partial charge in [-0.15, -0.1) is 0 Å². The van der Waals surface area contributed by atoms with Gasteiger partial charge in [0, 0.05) is 36.5 Å². The highest BCUT2D eigenvalue weighted by Crippen LogP contribution is 2.34. The van der Waals surface area contributed by atoms with Gasteiger partial charge in [-0.05, 0) is 44.0 Å². The molecule has 0 radical (unpaired) electrons. The number of fused-ring (bicyclic) bond motifs is 1. The minimum absolute atomic E-state index is 0.0257. The molecule has 1 aromatic carbocycles. The minimum atomic E-state index is -3.52. The minimum Gasteiger partial charge on any atom is -0.337 e. The quantitative estimate of drug-likeness (QED) is 0.581. The van der Waals surface area contributed by atoms with Gasteiger partial charge in [0.15, 0.2) is 9.84 Å². The smallest absolute Gasteiger partial charge is 0.259 e. The van der Waals surface area contributed by atoms with Gasteiger partial charge in [-0.3, -0.25) is 9.59 Å². The lowest BCUT2D eigenvalue weighted by atomic mass is 10.1. The van der Waals surface area contributed by atoms with E-state index in [-0.39, 0.29) is 30.8 Å².